The van der Waals surface area contributed by atoms with Crippen molar-refractivity contribution in [2.45, 2.75) is 39.0 Å². The van der Waals surface area contributed by atoms with E-state index in [-0.39, 0.29) is 105 Å². The van der Waals surface area contributed by atoms with Crippen LogP contribution in [0.4, 0.5) is 49.1 Å². The Morgan fingerprint density at radius 2 is 0.780 bits per heavy atom. The Morgan fingerprint density at radius 1 is 0.430 bits per heavy atom. The molecule has 4 heterocycles. The molecule has 10 aromatic rings. The third kappa shape index (κ3) is 15.7. The highest BCUT2D eigenvalue weighted by Gasteiger charge is 2.41. The first-order chi connectivity index (χ1) is 47.7. The highest BCUT2D eigenvalue weighted by molar-refractivity contribution is 6.18. The largest absolute Gasteiger partial charge is 0.545 e. The van der Waals surface area contributed by atoms with Crippen LogP contribution < -0.4 is 51.6 Å². The Balaban J connectivity index is 0.711. The fourth-order valence-electron chi connectivity index (χ4n) is 11.1. The number of ether oxygens (including phenoxy) is 2. The van der Waals surface area contributed by atoms with Gasteiger partial charge in [-0.2, -0.15) is 26.3 Å². The molecule has 0 aliphatic rings. The lowest BCUT2D eigenvalue weighted by Gasteiger charge is -2.20. The number of anilines is 4. The lowest BCUT2D eigenvalue weighted by molar-refractivity contribution is -0.256. The van der Waals surface area contributed by atoms with Gasteiger partial charge in [0.05, 0.1) is 57.1 Å². The summed E-state index contributed by atoms with van der Waals surface area (Å²) in [4.78, 5) is 132. The van der Waals surface area contributed by atoms with Crippen molar-refractivity contribution in [2.75, 3.05) is 47.6 Å². The van der Waals surface area contributed by atoms with Gasteiger partial charge in [-0.3, -0.25) is 38.4 Å². The van der Waals surface area contributed by atoms with E-state index in [1.807, 2.05) is 0 Å². The fourth-order valence-corrected chi connectivity index (χ4v) is 11.1. The summed E-state index contributed by atoms with van der Waals surface area (Å²) in [6.07, 6.45) is -8.26. The van der Waals surface area contributed by atoms with Gasteiger partial charge >= 0.3 is 24.2 Å². The summed E-state index contributed by atoms with van der Waals surface area (Å²) in [5, 5.41) is 39.4. The van der Waals surface area contributed by atoms with Crippen LogP contribution in [0.1, 0.15) is 107 Å². The zero-order chi connectivity index (χ0) is 71.7. The van der Waals surface area contributed by atoms with Crippen LogP contribution in [-0.2, 0) is 32.0 Å². The Kier molecular flexibility index (Phi) is 20.7. The van der Waals surface area contributed by atoms with E-state index in [0.717, 1.165) is 24.3 Å². The molecule has 28 heteroatoms. The normalized spacial score (nSPS) is 11.3. The number of carbonyl (C=O) groups excluding carboxylic acids is 10. The number of nitrogens with one attached hydrogen (secondary N) is 6. The number of ketones is 2. The fraction of sp³-hybridized carbons (Fsp3) is 0.139. The summed E-state index contributed by atoms with van der Waals surface area (Å²) in [6.45, 7) is 2.13. The van der Waals surface area contributed by atoms with Gasteiger partial charge in [-0.05, 0) is 146 Å². The first kappa shape index (κ1) is 69.9. The van der Waals surface area contributed by atoms with Crippen molar-refractivity contribution in [1.82, 2.24) is 19.4 Å². The maximum atomic E-state index is 14.7. The maximum Gasteiger partial charge on any atom is 0.471 e. The maximum absolute atomic E-state index is 14.7. The van der Waals surface area contributed by atoms with Gasteiger partial charge in [0.1, 0.15) is 11.5 Å². The van der Waals surface area contributed by atoms with Crippen LogP contribution in [0, 0.1) is 13.8 Å². The summed E-state index contributed by atoms with van der Waals surface area (Å²) >= 11 is 0. The molecular formula is C72H54F6N8O14-2. The van der Waals surface area contributed by atoms with Crippen molar-refractivity contribution < 1.29 is 94.0 Å². The number of nitrogens with zero attached hydrogens (tertiary/aromatic N) is 2. The van der Waals surface area contributed by atoms with Crippen molar-refractivity contribution in [2.24, 2.45) is 0 Å². The standard InChI is InChI=1S/C72H56F6N8O14/c1-39-59(53-17-9-11-33-85(53)61(39)63(89)47-27-29-51(81-69(97)71(73,74)75)57(67(93)94)49(47)35-41-13-5-3-6-14-41)83-65(91)43-19-23-45(24-20-43)99-37-55(87)79-31-32-80-56(88)38-100-46-25-21-44(22-26-46)66(92)84-60-40(2)62(86-34-12-10-18-54(60)86)64(90)48-28-30-52(82-70(98)72(76,77)78)58(68(95)96)50(48)36-42-15-7-4-8-16-42/h3-30,33-34H,31-32,35-38H2,1-2H3,(H,79,87)(H,80,88)(H,81,97)(H,82,98)(H,83,91)(H,84,92)(H,93,94)(H,95,96)/p-2. The molecule has 0 saturated heterocycles. The van der Waals surface area contributed by atoms with Crippen molar-refractivity contribution in [3.63, 3.8) is 0 Å². The number of fused-ring (bicyclic) bond motifs is 2. The van der Waals surface area contributed by atoms with Crippen LogP contribution in [0.25, 0.3) is 11.0 Å². The molecule has 6 N–H and O–H groups in total. The van der Waals surface area contributed by atoms with Gasteiger partial charge in [0.2, 0.25) is 11.6 Å². The zero-order valence-corrected chi connectivity index (χ0v) is 52.4. The minimum Gasteiger partial charge on any atom is -0.545 e. The summed E-state index contributed by atoms with van der Waals surface area (Å²) in [6, 6.07) is 41.3. The van der Waals surface area contributed by atoms with Crippen LogP contribution >= 0.6 is 0 Å². The first-order valence-corrected chi connectivity index (χ1v) is 30.2. The molecule has 0 aliphatic heterocycles. The average Bonchev–Trinajstić information content (AvgIpc) is 1.54. The predicted octanol–water partition coefficient (Wildman–Crippen LogP) is 8.38. The molecule has 0 unspecified atom stereocenters. The number of amides is 6. The smallest absolute Gasteiger partial charge is 0.471 e. The second kappa shape index (κ2) is 29.6. The zero-order valence-electron chi connectivity index (χ0n) is 52.4. The summed E-state index contributed by atoms with van der Waals surface area (Å²) in [5.74, 6) is -12.3. The van der Waals surface area contributed by atoms with Gasteiger partial charge in [0.15, 0.2) is 13.2 Å². The number of carbonyl (C=O) groups is 10. The van der Waals surface area contributed by atoms with Crippen molar-refractivity contribution in [3.8, 4) is 11.5 Å². The van der Waals surface area contributed by atoms with Crippen molar-refractivity contribution >= 4 is 92.7 Å². The van der Waals surface area contributed by atoms with Crippen molar-refractivity contribution in [3.05, 3.63) is 260 Å². The quantitative estimate of drug-likeness (QED) is 0.0178. The van der Waals surface area contributed by atoms with Gasteiger partial charge in [0.25, 0.3) is 23.6 Å². The van der Waals surface area contributed by atoms with E-state index in [2.05, 4.69) is 21.3 Å². The molecule has 0 radical (unpaired) electrons. The number of carboxylic acid groups (broad SMARTS) is 2. The molecule has 0 fully saturated rings. The molecule has 0 aliphatic carbocycles. The number of halogens is 6. The molecule has 10 rings (SSSR count). The molecule has 0 atom stereocenters. The van der Waals surface area contributed by atoms with Gasteiger partial charge in [-0.25, -0.2) is 0 Å². The molecule has 0 saturated carbocycles. The Labute approximate surface area is 562 Å². The highest BCUT2D eigenvalue weighted by atomic mass is 19.4. The van der Waals surface area contributed by atoms with Gasteiger partial charge in [0, 0.05) is 70.0 Å². The second-order valence-electron chi connectivity index (χ2n) is 22.3. The molecule has 100 heavy (non-hydrogen) atoms. The van der Waals surface area contributed by atoms with Crippen molar-refractivity contribution in [1.29, 1.82) is 0 Å². The summed E-state index contributed by atoms with van der Waals surface area (Å²) < 4.78 is 94.2. The molecular weight excluding hydrogens is 1310 g/mol. The number of carboxylic acids is 2. The lowest BCUT2D eigenvalue weighted by atomic mass is 9.90. The Morgan fingerprint density at radius 3 is 1.12 bits per heavy atom. The second-order valence-corrected chi connectivity index (χ2v) is 22.3. The molecule has 4 aromatic heterocycles. The monoisotopic (exact) mass is 1370 g/mol. The molecule has 510 valence electrons. The van der Waals surface area contributed by atoms with E-state index in [1.165, 1.54) is 83.6 Å². The van der Waals surface area contributed by atoms with Crippen LogP contribution in [0.15, 0.2) is 182 Å². The first-order valence-electron chi connectivity index (χ1n) is 30.2. The predicted molar refractivity (Wildman–Crippen MR) is 346 cm³/mol. The van der Waals surface area contributed by atoms with E-state index >= 15 is 0 Å². The number of alkyl halides is 6. The number of hydrogen-bond donors (Lipinski definition) is 6. The van der Waals surface area contributed by atoms with E-state index in [4.69, 9.17) is 9.47 Å². The van der Waals surface area contributed by atoms with Gasteiger partial charge in [-0.15, -0.1) is 0 Å². The number of aromatic nitrogens is 2. The lowest BCUT2D eigenvalue weighted by Crippen LogP contribution is -2.38. The third-order valence-corrected chi connectivity index (χ3v) is 15.8. The Hall–Kier alpha value is -12.9. The van der Waals surface area contributed by atoms with Crippen LogP contribution in [0.5, 0.6) is 11.5 Å². The molecule has 22 nitrogen and oxygen atoms in total. The SMILES string of the molecule is Cc1c(NC(=O)c2ccc(OCC(=O)NCCNC(=O)COc3ccc(C(=O)Nc4c(C)c(C(=O)c5ccc(NC(=O)C(F)(F)F)c(C(=O)[O-])c5Cc5ccccc5)n5ccccc45)cc3)cc2)c2ccccn2c1C(=O)c1ccc(NC(=O)C(F)(F)F)c(C(=O)[O-])c1Cc1ccccc1. The van der Waals surface area contributed by atoms with E-state index in [0.29, 0.717) is 22.2 Å². The molecule has 6 aromatic carbocycles. The topological polar surface area (TPSA) is 316 Å². The minimum atomic E-state index is -5.38. The number of hydrogen-bond acceptors (Lipinski definition) is 14. The summed E-state index contributed by atoms with van der Waals surface area (Å²) in [5.41, 5.74) is -1.42. The van der Waals surface area contributed by atoms with E-state index in [9.17, 15) is 84.5 Å². The summed E-state index contributed by atoms with van der Waals surface area (Å²) in [7, 11) is 0. The Bertz CT molecular complexity index is 4590. The molecule has 0 spiro atoms. The number of benzene rings is 6. The average molecular weight is 1370 g/mol. The van der Waals surface area contributed by atoms with Crippen LogP contribution in [0.3, 0.4) is 0 Å². The molecule has 0 bridgehead atoms. The highest BCUT2D eigenvalue weighted by Crippen LogP contribution is 2.37. The van der Waals surface area contributed by atoms with E-state index in [1.54, 1.807) is 108 Å². The number of aromatic carboxylic acids is 2. The number of rotatable bonds is 25. The van der Waals surface area contributed by atoms with Gasteiger partial charge in [-0.1, -0.05) is 72.8 Å². The minimum absolute atomic E-state index is 0.0153. The third-order valence-electron chi connectivity index (χ3n) is 15.8. The van der Waals surface area contributed by atoms with Crippen LogP contribution in [-0.4, -0.2) is 106 Å². The molecule has 6 amide bonds. The van der Waals surface area contributed by atoms with Crippen LogP contribution in [0.2, 0.25) is 0 Å². The van der Waals surface area contributed by atoms with Gasteiger partial charge < -0.3 is 70.0 Å². The number of pyridine rings is 2. The van der Waals surface area contributed by atoms with E-state index < -0.39 is 107 Å².